The first-order chi connectivity index (χ1) is 24.7. The Morgan fingerprint density at radius 3 is 1.02 bits per heavy atom. The van der Waals surface area contributed by atoms with Crippen molar-refractivity contribution in [2.24, 2.45) is 0 Å². The van der Waals surface area contributed by atoms with Crippen molar-refractivity contribution >= 4 is 59.0 Å². The van der Waals surface area contributed by atoms with Gasteiger partial charge in [-0.2, -0.15) is 0 Å². The van der Waals surface area contributed by atoms with E-state index in [1.165, 1.54) is 131 Å². The molecule has 0 radical (unpaired) electrons. The van der Waals surface area contributed by atoms with Crippen LogP contribution in [0.5, 0.6) is 0 Å². The molecule has 0 atom stereocenters. The highest BCUT2D eigenvalue weighted by Gasteiger charge is 2.43. The first-order valence-corrected chi connectivity index (χ1v) is 27.8. The van der Waals surface area contributed by atoms with Gasteiger partial charge >= 0.3 is 0 Å². The zero-order chi connectivity index (χ0) is 38.6. The lowest BCUT2D eigenvalue weighted by molar-refractivity contribution is 0.609. The molecule has 0 bridgehead atoms. The molecule has 290 valence electrons. The van der Waals surface area contributed by atoms with E-state index in [1.807, 2.05) is 22.7 Å². The van der Waals surface area contributed by atoms with Crippen LogP contribution in [0.15, 0.2) is 12.1 Å². The Hall–Kier alpha value is -1.31. The van der Waals surface area contributed by atoms with Crippen LogP contribution in [-0.4, -0.2) is 16.1 Å². The number of hydrogen-bond donors (Lipinski definition) is 0. The summed E-state index contributed by atoms with van der Waals surface area (Å²) in [6, 6.07) is 5.13. The number of fused-ring (bicyclic) bond motifs is 2. The Labute approximate surface area is 333 Å². The highest BCUT2D eigenvalue weighted by Crippen LogP contribution is 2.45. The van der Waals surface area contributed by atoms with Crippen molar-refractivity contribution in [3.8, 4) is 22.9 Å². The molecule has 0 unspecified atom stereocenters. The lowest BCUT2D eigenvalue weighted by atomic mass is 10.0. The van der Waals surface area contributed by atoms with Gasteiger partial charge in [-0.25, -0.2) is 0 Å². The number of hydrogen-bond acceptors (Lipinski definition) is 2. The van der Waals surface area contributed by atoms with Gasteiger partial charge in [0.2, 0.25) is 0 Å². The van der Waals surface area contributed by atoms with E-state index in [-0.39, 0.29) is 0 Å². The van der Waals surface area contributed by atoms with Crippen LogP contribution in [0.4, 0.5) is 0 Å². The molecule has 0 saturated heterocycles. The maximum atomic E-state index is 4.19. The molecule has 3 aromatic rings. The minimum atomic E-state index is -1.91. The molecule has 0 spiro atoms. The summed E-state index contributed by atoms with van der Waals surface area (Å²) in [6.07, 6.45) is 18.4. The van der Waals surface area contributed by atoms with E-state index in [0.717, 1.165) is 0 Å². The fourth-order valence-corrected chi connectivity index (χ4v) is 22.6. The van der Waals surface area contributed by atoms with E-state index in [1.54, 1.807) is 0 Å². The molecule has 3 rings (SSSR count). The number of unbranched alkanes of at least 4 members (excludes halogenated alkanes) is 10. The predicted molar refractivity (Wildman–Crippen MR) is 247 cm³/mol. The SMILES string of the molecule is CCCCCCCCc1cc2c(C#C[Si](C(C)C)(C(C)C)C(C)C)c3sc(CCCCCCCC)cc3c(C#C[Si](C(C)C)(C(C)C)C(C)C)c2s1. The monoisotopic (exact) mass is 775 g/mol. The third-order valence-electron chi connectivity index (χ3n) is 12.7. The van der Waals surface area contributed by atoms with Crippen molar-refractivity contribution in [1.29, 1.82) is 0 Å². The van der Waals surface area contributed by atoms with Gasteiger partial charge < -0.3 is 0 Å². The van der Waals surface area contributed by atoms with Gasteiger partial charge in [0.25, 0.3) is 0 Å². The number of benzene rings is 1. The summed E-state index contributed by atoms with van der Waals surface area (Å²) in [6.45, 7) is 34.0. The number of rotatable bonds is 20. The summed E-state index contributed by atoms with van der Waals surface area (Å²) < 4.78 is 2.83. The molecule has 0 aliphatic rings. The molecule has 1 aromatic carbocycles. The fraction of sp³-hybridized carbons (Fsp3) is 0.708. The van der Waals surface area contributed by atoms with Crippen LogP contribution in [0.2, 0.25) is 33.2 Å². The summed E-state index contributed by atoms with van der Waals surface area (Å²) >= 11 is 4.10. The van der Waals surface area contributed by atoms with E-state index in [0.29, 0.717) is 33.2 Å². The summed E-state index contributed by atoms with van der Waals surface area (Å²) in [5.41, 5.74) is 14.7. The van der Waals surface area contributed by atoms with Gasteiger partial charge in [-0.15, -0.1) is 33.8 Å². The summed E-state index contributed by atoms with van der Waals surface area (Å²) in [7, 11) is -3.83. The van der Waals surface area contributed by atoms with Gasteiger partial charge in [0.05, 0.1) is 20.5 Å². The topological polar surface area (TPSA) is 0 Å². The number of aryl methyl sites for hydroxylation is 2. The van der Waals surface area contributed by atoms with Crippen LogP contribution in [0.3, 0.4) is 0 Å². The lowest BCUT2D eigenvalue weighted by Crippen LogP contribution is -2.43. The molecule has 2 aromatic heterocycles. The van der Waals surface area contributed by atoms with Crippen molar-refractivity contribution < 1.29 is 0 Å². The summed E-state index contributed by atoms with van der Waals surface area (Å²) in [5, 5.41) is 2.79. The summed E-state index contributed by atoms with van der Waals surface area (Å²) in [5.74, 6) is 8.13. The van der Waals surface area contributed by atoms with Gasteiger partial charge in [0, 0.05) is 20.5 Å². The third kappa shape index (κ3) is 10.5. The Balaban J connectivity index is 2.36. The maximum Gasteiger partial charge on any atom is 0.146 e. The molecular weight excluding hydrogens is 697 g/mol. The number of thiophene rings is 2. The standard InChI is InChI=1S/C48H78S2Si2/c1-15-17-19-21-23-25-27-41-33-45-43(29-31-51(35(3)4,36(5)6)37(7)8)48-46(34-42(50-48)28-26-24-22-20-18-16-2)44(47(45)49-41)30-32-52(38(9)10,39(11)12)40(13)14/h33-40H,15-28H2,1-14H3. The van der Waals surface area contributed by atoms with Gasteiger partial charge in [0.1, 0.15) is 16.1 Å². The Bertz CT molecular complexity index is 1440. The van der Waals surface area contributed by atoms with Gasteiger partial charge in [-0.05, 0) is 71.1 Å². The first-order valence-electron chi connectivity index (χ1n) is 21.8. The molecule has 4 heteroatoms. The molecule has 2 heterocycles. The maximum absolute atomic E-state index is 4.19. The summed E-state index contributed by atoms with van der Waals surface area (Å²) in [4.78, 5) is 3.06. The van der Waals surface area contributed by atoms with Crippen molar-refractivity contribution in [1.82, 2.24) is 0 Å². The van der Waals surface area contributed by atoms with E-state index in [4.69, 9.17) is 0 Å². The van der Waals surface area contributed by atoms with E-state index in [9.17, 15) is 0 Å². The molecule has 0 nitrogen and oxygen atoms in total. The molecule has 52 heavy (non-hydrogen) atoms. The Kier molecular flexibility index (Phi) is 18.3. The van der Waals surface area contributed by atoms with Crippen LogP contribution < -0.4 is 0 Å². The molecule has 0 fully saturated rings. The Morgan fingerprint density at radius 2 is 0.731 bits per heavy atom. The highest BCUT2D eigenvalue weighted by atomic mass is 32.1. The largest absolute Gasteiger partial charge is 0.146 e. The Morgan fingerprint density at radius 1 is 0.442 bits per heavy atom. The fourth-order valence-electron chi connectivity index (χ4n) is 9.73. The minimum absolute atomic E-state index is 0.620. The van der Waals surface area contributed by atoms with Crippen LogP contribution >= 0.6 is 22.7 Å². The highest BCUT2D eigenvalue weighted by molar-refractivity contribution is 7.21. The van der Waals surface area contributed by atoms with Crippen molar-refractivity contribution in [3.05, 3.63) is 33.0 Å². The molecule has 0 aliphatic carbocycles. The van der Waals surface area contributed by atoms with Crippen LogP contribution in [0, 0.1) is 22.9 Å². The zero-order valence-electron chi connectivity index (χ0n) is 36.3. The first kappa shape index (κ1) is 45.1. The predicted octanol–water partition coefficient (Wildman–Crippen LogP) is 17.1. The smallest absolute Gasteiger partial charge is 0.139 e. The molecular formula is C48H78S2Si2. The van der Waals surface area contributed by atoms with E-state index < -0.39 is 16.1 Å². The second kappa shape index (κ2) is 21.1. The van der Waals surface area contributed by atoms with Gasteiger partial charge in [-0.1, -0.05) is 173 Å². The second-order valence-corrected chi connectivity index (χ2v) is 31.4. The normalized spacial score (nSPS) is 12.7. The molecule has 0 N–H and O–H groups in total. The van der Waals surface area contributed by atoms with E-state index >= 15 is 0 Å². The van der Waals surface area contributed by atoms with Crippen LogP contribution in [0.1, 0.15) is 195 Å². The van der Waals surface area contributed by atoms with Crippen molar-refractivity contribution in [3.63, 3.8) is 0 Å². The van der Waals surface area contributed by atoms with Gasteiger partial charge in [0.15, 0.2) is 0 Å². The van der Waals surface area contributed by atoms with Crippen molar-refractivity contribution in [2.45, 2.75) is 220 Å². The average molecular weight is 775 g/mol. The molecule has 0 aliphatic heterocycles. The van der Waals surface area contributed by atoms with Crippen molar-refractivity contribution in [2.75, 3.05) is 0 Å². The quantitative estimate of drug-likeness (QED) is 0.0609. The minimum Gasteiger partial charge on any atom is -0.139 e. The van der Waals surface area contributed by atoms with Crippen LogP contribution in [0.25, 0.3) is 20.2 Å². The lowest BCUT2D eigenvalue weighted by Gasteiger charge is -2.38. The molecule has 0 amide bonds. The zero-order valence-corrected chi connectivity index (χ0v) is 40.0. The van der Waals surface area contributed by atoms with Crippen LogP contribution in [-0.2, 0) is 12.8 Å². The van der Waals surface area contributed by atoms with E-state index in [2.05, 4.69) is 132 Å². The van der Waals surface area contributed by atoms with Gasteiger partial charge in [-0.3, -0.25) is 0 Å². The average Bonchev–Trinajstić information content (AvgIpc) is 3.69. The molecule has 0 saturated carbocycles. The second-order valence-electron chi connectivity index (χ2n) is 18.0. The third-order valence-corrected chi connectivity index (χ3v) is 27.7.